The number of rotatable bonds is 7. The number of alkyl halides is 3. The zero-order chi connectivity index (χ0) is 23.1. The van der Waals surface area contributed by atoms with Gasteiger partial charge in [-0.05, 0) is 42.7 Å². The van der Waals surface area contributed by atoms with Gasteiger partial charge in [0, 0.05) is 60.0 Å². The van der Waals surface area contributed by atoms with Gasteiger partial charge >= 0.3 is 5.51 Å². The zero-order valence-electron chi connectivity index (χ0n) is 18.6. The van der Waals surface area contributed by atoms with Gasteiger partial charge in [0.2, 0.25) is 0 Å². The van der Waals surface area contributed by atoms with E-state index in [1.165, 1.54) is 26.5 Å². The first-order chi connectivity index (χ1) is 14.7. The summed E-state index contributed by atoms with van der Waals surface area (Å²) in [5, 5.41) is 1.23. The maximum atomic E-state index is 12.2. The fourth-order valence-corrected chi connectivity index (χ4v) is 5.69. The Morgan fingerprint density at radius 3 is 2.65 bits per heavy atom. The molecule has 3 heterocycles. The van der Waals surface area contributed by atoms with Crippen LogP contribution in [0, 0.1) is 0 Å². The number of thioether (sulfide) groups is 1. The smallest absolute Gasteiger partial charge is 0.400 e. The summed E-state index contributed by atoms with van der Waals surface area (Å²) in [7, 11) is 0. The standard InChI is InChI=1S/C19H29F3N4OS2.C2H6/c1-2-15-11-16-17(29-15)3-9-27-18(16)4-6-25(7-5-18)12-14(23)13-26(24)8-10-28-19(20,21)22;1-2/h11,13H,2-10,12,23-24H2,1H3;1-2H3/b14-13-;. The zero-order valence-corrected chi connectivity index (χ0v) is 20.3. The average Bonchev–Trinajstić information content (AvgIpc) is 3.15. The van der Waals surface area contributed by atoms with Gasteiger partial charge in [0.15, 0.2) is 0 Å². The highest BCUT2D eigenvalue weighted by Gasteiger charge is 2.41. The van der Waals surface area contributed by atoms with Crippen molar-refractivity contribution in [3.63, 3.8) is 0 Å². The van der Waals surface area contributed by atoms with E-state index in [4.69, 9.17) is 16.3 Å². The molecule has 0 amide bonds. The molecule has 5 nitrogen and oxygen atoms in total. The fraction of sp³-hybridized carbons (Fsp3) is 0.714. The third-order valence-electron chi connectivity index (χ3n) is 5.42. The number of aryl methyl sites for hydroxylation is 1. The number of piperidine rings is 1. The Morgan fingerprint density at radius 1 is 1.35 bits per heavy atom. The molecule has 3 rings (SSSR count). The molecule has 0 saturated carbocycles. The van der Waals surface area contributed by atoms with E-state index in [1.807, 2.05) is 25.2 Å². The number of hydrogen-bond acceptors (Lipinski definition) is 7. The lowest BCUT2D eigenvalue weighted by molar-refractivity contribution is -0.0961. The van der Waals surface area contributed by atoms with Crippen LogP contribution in [0.4, 0.5) is 13.2 Å². The minimum absolute atomic E-state index is 0.0805. The molecule has 0 unspecified atom stereocenters. The molecule has 2 aliphatic heterocycles. The van der Waals surface area contributed by atoms with Gasteiger partial charge in [-0.3, -0.25) is 4.90 Å². The SMILES string of the molecule is CC.CCc1cc2c(s1)CCOC21CCN(C/C(N)=C/N(N)CCSC(F)(F)F)CC1. The second kappa shape index (κ2) is 11.8. The van der Waals surface area contributed by atoms with Crippen molar-refractivity contribution in [2.24, 2.45) is 11.6 Å². The first kappa shape index (κ1) is 26.3. The molecule has 31 heavy (non-hydrogen) atoms. The number of hydrazine groups is 1. The van der Waals surface area contributed by atoms with Gasteiger partial charge in [0.1, 0.15) is 0 Å². The molecule has 0 aromatic carbocycles. The van der Waals surface area contributed by atoms with E-state index in [9.17, 15) is 13.2 Å². The minimum atomic E-state index is -4.23. The third-order valence-corrected chi connectivity index (χ3v) is 7.48. The lowest BCUT2D eigenvalue weighted by Gasteiger charge is -2.44. The predicted octanol–water partition coefficient (Wildman–Crippen LogP) is 4.43. The first-order valence-corrected chi connectivity index (χ1v) is 12.7. The van der Waals surface area contributed by atoms with Crippen molar-refractivity contribution in [3.8, 4) is 0 Å². The average molecular weight is 481 g/mol. The molecular formula is C21H35F3N4OS2. The topological polar surface area (TPSA) is 67.8 Å². The van der Waals surface area contributed by atoms with Crippen LogP contribution in [0.2, 0.25) is 0 Å². The number of nitrogens with two attached hydrogens (primary N) is 2. The summed E-state index contributed by atoms with van der Waals surface area (Å²) in [6.07, 6.45) is 5.42. The van der Waals surface area contributed by atoms with E-state index in [2.05, 4.69) is 17.9 Å². The van der Waals surface area contributed by atoms with Crippen LogP contribution in [-0.4, -0.2) is 54.0 Å². The summed E-state index contributed by atoms with van der Waals surface area (Å²) < 4.78 is 42.9. The Balaban J connectivity index is 0.00000166. The Hall–Kier alpha value is -0.940. The van der Waals surface area contributed by atoms with E-state index in [1.54, 1.807) is 0 Å². The molecule has 1 spiro atoms. The summed E-state index contributed by atoms with van der Waals surface area (Å²) in [6.45, 7) is 9.32. The molecule has 0 bridgehead atoms. The van der Waals surface area contributed by atoms with Crippen LogP contribution in [0.5, 0.6) is 0 Å². The molecule has 1 aromatic rings. The third kappa shape index (κ3) is 7.56. The minimum Gasteiger partial charge on any atom is -0.400 e. The summed E-state index contributed by atoms with van der Waals surface area (Å²) >= 11 is 1.83. The molecular weight excluding hydrogens is 445 g/mol. The van der Waals surface area contributed by atoms with Crippen LogP contribution in [0.3, 0.4) is 0 Å². The van der Waals surface area contributed by atoms with E-state index in [0.717, 1.165) is 45.4 Å². The van der Waals surface area contributed by atoms with E-state index in [0.29, 0.717) is 12.2 Å². The highest BCUT2D eigenvalue weighted by Crippen LogP contribution is 2.44. The Morgan fingerprint density at radius 2 is 2.03 bits per heavy atom. The summed E-state index contributed by atoms with van der Waals surface area (Å²) in [6, 6.07) is 2.33. The van der Waals surface area contributed by atoms with Crippen molar-refractivity contribution in [2.45, 2.75) is 57.6 Å². The number of likely N-dealkylation sites (tertiary alicyclic amines) is 1. The molecule has 10 heteroatoms. The van der Waals surface area contributed by atoms with Crippen molar-refractivity contribution < 1.29 is 17.9 Å². The normalized spacial score (nSPS) is 19.0. The van der Waals surface area contributed by atoms with Crippen LogP contribution in [0.25, 0.3) is 0 Å². The molecule has 1 saturated heterocycles. The summed E-state index contributed by atoms with van der Waals surface area (Å²) in [5.41, 5.74) is 3.59. The molecule has 0 radical (unpaired) electrons. The highest BCUT2D eigenvalue weighted by molar-refractivity contribution is 8.00. The monoisotopic (exact) mass is 480 g/mol. The van der Waals surface area contributed by atoms with Crippen LogP contribution < -0.4 is 11.6 Å². The van der Waals surface area contributed by atoms with Crippen molar-refractivity contribution in [1.82, 2.24) is 9.91 Å². The van der Waals surface area contributed by atoms with Crippen molar-refractivity contribution in [1.29, 1.82) is 0 Å². The van der Waals surface area contributed by atoms with E-state index < -0.39 is 5.51 Å². The van der Waals surface area contributed by atoms with Crippen molar-refractivity contribution >= 4 is 23.1 Å². The lowest BCUT2D eigenvalue weighted by atomic mass is 9.82. The number of nitrogens with zero attached hydrogens (tertiary/aromatic N) is 2. The maximum Gasteiger partial charge on any atom is 0.441 e. The van der Waals surface area contributed by atoms with Gasteiger partial charge in [-0.15, -0.1) is 11.3 Å². The number of fused-ring (bicyclic) bond motifs is 2. The van der Waals surface area contributed by atoms with E-state index >= 15 is 0 Å². The molecule has 1 aromatic heterocycles. The molecule has 4 N–H and O–H groups in total. The molecule has 0 aliphatic carbocycles. The van der Waals surface area contributed by atoms with Crippen molar-refractivity contribution in [3.05, 3.63) is 33.3 Å². The molecule has 0 atom stereocenters. The van der Waals surface area contributed by atoms with Crippen LogP contribution in [-0.2, 0) is 23.2 Å². The lowest BCUT2D eigenvalue weighted by Crippen LogP contribution is -2.47. The Kier molecular flexibility index (Phi) is 10.0. The Labute approximate surface area is 191 Å². The van der Waals surface area contributed by atoms with Crippen molar-refractivity contribution in [2.75, 3.05) is 38.5 Å². The highest BCUT2D eigenvalue weighted by atomic mass is 32.2. The van der Waals surface area contributed by atoms with Crippen LogP contribution in [0.15, 0.2) is 18.0 Å². The quantitative estimate of drug-likeness (QED) is 0.445. The number of halogens is 3. The molecule has 2 aliphatic rings. The maximum absolute atomic E-state index is 12.2. The summed E-state index contributed by atoms with van der Waals surface area (Å²) in [5.74, 6) is 5.62. The van der Waals surface area contributed by atoms with Crippen LogP contribution >= 0.6 is 23.1 Å². The first-order valence-electron chi connectivity index (χ1n) is 10.9. The van der Waals surface area contributed by atoms with Gasteiger partial charge < -0.3 is 15.5 Å². The van der Waals surface area contributed by atoms with Crippen LogP contribution in [0.1, 0.15) is 48.9 Å². The summed E-state index contributed by atoms with van der Waals surface area (Å²) in [4.78, 5) is 5.14. The van der Waals surface area contributed by atoms with Gasteiger partial charge in [-0.1, -0.05) is 20.8 Å². The predicted molar refractivity (Wildman–Crippen MR) is 124 cm³/mol. The number of hydrogen-bond donors (Lipinski definition) is 2. The number of thiophene rings is 1. The second-order valence-corrected chi connectivity index (χ2v) is 9.89. The van der Waals surface area contributed by atoms with Gasteiger partial charge in [-0.2, -0.15) is 13.2 Å². The van der Waals surface area contributed by atoms with Gasteiger partial charge in [0.25, 0.3) is 0 Å². The van der Waals surface area contributed by atoms with Gasteiger partial charge in [-0.25, -0.2) is 5.84 Å². The van der Waals surface area contributed by atoms with E-state index in [-0.39, 0.29) is 29.7 Å². The van der Waals surface area contributed by atoms with Gasteiger partial charge in [0.05, 0.1) is 12.2 Å². The second-order valence-electron chi connectivity index (χ2n) is 7.51. The Bertz CT molecular complexity index is 716. The fourth-order valence-electron chi connectivity index (χ4n) is 3.98. The molecule has 178 valence electrons. The molecule has 1 fully saturated rings. The largest absolute Gasteiger partial charge is 0.441 e. The number of ether oxygens (including phenoxy) is 1.